The Morgan fingerprint density at radius 2 is 1.61 bits per heavy atom. The van der Waals surface area contributed by atoms with Gasteiger partial charge in [0.05, 0.1) is 12.2 Å². The molecule has 1 aliphatic carbocycles. The van der Waals surface area contributed by atoms with Gasteiger partial charge in [0.15, 0.2) is 0 Å². The van der Waals surface area contributed by atoms with E-state index in [2.05, 4.69) is 0 Å². The van der Waals surface area contributed by atoms with Gasteiger partial charge in [0, 0.05) is 22.1 Å². The Morgan fingerprint density at radius 1 is 0.913 bits per heavy atom. The monoisotopic (exact) mass is 324 g/mol. The molecule has 4 rings (SSSR count). The van der Waals surface area contributed by atoms with Crippen LogP contribution in [-0.4, -0.2) is 18.2 Å². The van der Waals surface area contributed by atoms with E-state index in [-0.39, 0.29) is 5.92 Å². The number of Topliss-reactive ketones (excluding diaryl/α,β-unsaturated/α-hetero) is 2. The van der Waals surface area contributed by atoms with Gasteiger partial charge in [0.2, 0.25) is 11.6 Å². The fourth-order valence-corrected chi connectivity index (χ4v) is 3.60. The van der Waals surface area contributed by atoms with Gasteiger partial charge in [0.1, 0.15) is 5.76 Å². The Bertz CT molecular complexity index is 866. The Kier molecular flexibility index (Phi) is 3.31. The quantitative estimate of drug-likeness (QED) is 0.744. The molecule has 0 bridgehead atoms. The molecule has 114 valence electrons. The molecule has 2 aromatic carbocycles. The average Bonchev–Trinajstić information content (AvgIpc) is 2.59. The zero-order chi connectivity index (χ0) is 16.0. The first-order chi connectivity index (χ1) is 11.2. The van der Waals surface area contributed by atoms with Crippen molar-refractivity contribution < 1.29 is 14.3 Å². The van der Waals surface area contributed by atoms with Gasteiger partial charge < -0.3 is 4.74 Å². The second-order valence-electron chi connectivity index (χ2n) is 5.66. The van der Waals surface area contributed by atoms with Gasteiger partial charge in [-0.2, -0.15) is 0 Å². The number of hydrogen-bond acceptors (Lipinski definition) is 3. The van der Waals surface area contributed by atoms with E-state index in [1.54, 1.807) is 18.2 Å². The minimum absolute atomic E-state index is 0.211. The Labute approximate surface area is 138 Å². The van der Waals surface area contributed by atoms with E-state index in [1.807, 2.05) is 30.3 Å². The van der Waals surface area contributed by atoms with E-state index in [1.165, 1.54) is 0 Å². The average molecular weight is 325 g/mol. The number of ketones is 2. The van der Waals surface area contributed by atoms with E-state index in [0.29, 0.717) is 40.5 Å². The minimum atomic E-state index is -0.483. The molecule has 3 nitrogen and oxygen atoms in total. The van der Waals surface area contributed by atoms with Gasteiger partial charge in [-0.25, -0.2) is 0 Å². The SMILES string of the molecule is O=C1C(=O)c2ccccc2C2=C1[C@@H](c1ccccc1Cl)CCO2. The van der Waals surface area contributed by atoms with Crippen LogP contribution in [0.3, 0.4) is 0 Å². The lowest BCUT2D eigenvalue weighted by Crippen LogP contribution is -2.31. The fraction of sp³-hybridized carbons (Fsp3) is 0.158. The molecule has 0 unspecified atom stereocenters. The second-order valence-corrected chi connectivity index (χ2v) is 6.07. The van der Waals surface area contributed by atoms with Crippen molar-refractivity contribution in [2.24, 2.45) is 0 Å². The number of allylic oxidation sites excluding steroid dienone is 1. The van der Waals surface area contributed by atoms with Crippen molar-refractivity contribution in [3.63, 3.8) is 0 Å². The summed E-state index contributed by atoms with van der Waals surface area (Å²) in [6.45, 7) is 0.491. The number of ether oxygens (including phenoxy) is 1. The summed E-state index contributed by atoms with van der Waals surface area (Å²) in [5, 5.41) is 0.602. The number of halogens is 1. The Morgan fingerprint density at radius 3 is 2.39 bits per heavy atom. The van der Waals surface area contributed by atoms with Crippen molar-refractivity contribution in [2.45, 2.75) is 12.3 Å². The highest BCUT2D eigenvalue weighted by atomic mass is 35.5. The number of carbonyl (C=O) groups excluding carboxylic acids is 2. The van der Waals surface area contributed by atoms with Crippen LogP contribution >= 0.6 is 11.6 Å². The molecule has 0 spiro atoms. The molecule has 0 N–H and O–H groups in total. The predicted molar refractivity (Wildman–Crippen MR) is 87.5 cm³/mol. The van der Waals surface area contributed by atoms with Crippen molar-refractivity contribution in [3.05, 3.63) is 75.8 Å². The number of rotatable bonds is 1. The van der Waals surface area contributed by atoms with Crippen LogP contribution in [0.25, 0.3) is 5.76 Å². The summed E-state index contributed by atoms with van der Waals surface area (Å²) in [6, 6.07) is 14.5. The normalized spacial score (nSPS) is 20.0. The highest BCUT2D eigenvalue weighted by Crippen LogP contribution is 2.44. The molecular formula is C19H13ClO3. The summed E-state index contributed by atoms with van der Waals surface area (Å²) >= 11 is 6.31. The Hall–Kier alpha value is -2.39. The van der Waals surface area contributed by atoms with Gasteiger partial charge in [-0.3, -0.25) is 9.59 Å². The summed E-state index contributed by atoms with van der Waals surface area (Å²) in [5.41, 5.74) is 2.42. The van der Waals surface area contributed by atoms with Crippen molar-refractivity contribution in [1.29, 1.82) is 0 Å². The first-order valence-corrected chi connectivity index (χ1v) is 7.86. The van der Waals surface area contributed by atoms with Crippen LogP contribution in [0.4, 0.5) is 0 Å². The lowest BCUT2D eigenvalue weighted by Gasteiger charge is -2.32. The third kappa shape index (κ3) is 2.12. The smallest absolute Gasteiger partial charge is 0.234 e. The predicted octanol–water partition coefficient (Wildman–Crippen LogP) is 4.02. The first-order valence-electron chi connectivity index (χ1n) is 7.48. The number of carbonyl (C=O) groups is 2. The standard InChI is InChI=1S/C19H13ClO3/c20-15-8-4-3-5-11(15)12-9-10-23-19-14-7-2-1-6-13(14)17(21)18(22)16(12)19/h1-8,12H,9-10H2/t12-/m1/s1. The summed E-state index contributed by atoms with van der Waals surface area (Å²) in [7, 11) is 0. The van der Waals surface area contributed by atoms with Crippen LogP contribution < -0.4 is 0 Å². The van der Waals surface area contributed by atoms with Gasteiger partial charge in [-0.15, -0.1) is 0 Å². The lowest BCUT2D eigenvalue weighted by atomic mass is 9.77. The second kappa shape index (κ2) is 5.36. The van der Waals surface area contributed by atoms with Crippen LogP contribution in [0.2, 0.25) is 5.02 Å². The number of fused-ring (bicyclic) bond motifs is 2. The van der Waals surface area contributed by atoms with Crippen molar-refractivity contribution in [2.75, 3.05) is 6.61 Å². The highest BCUT2D eigenvalue weighted by Gasteiger charge is 2.40. The maximum atomic E-state index is 12.7. The topological polar surface area (TPSA) is 43.4 Å². The third-order valence-corrected chi connectivity index (χ3v) is 4.74. The van der Waals surface area contributed by atoms with Crippen molar-refractivity contribution in [3.8, 4) is 0 Å². The summed E-state index contributed by atoms with van der Waals surface area (Å²) in [6.07, 6.45) is 0.629. The molecule has 0 saturated carbocycles. The van der Waals surface area contributed by atoms with Gasteiger partial charge >= 0.3 is 0 Å². The summed E-state index contributed by atoms with van der Waals surface area (Å²) in [5.74, 6) is -0.635. The molecule has 0 aromatic heterocycles. The van der Waals surface area contributed by atoms with Crippen molar-refractivity contribution in [1.82, 2.24) is 0 Å². The lowest BCUT2D eigenvalue weighted by molar-refractivity contribution is -0.112. The van der Waals surface area contributed by atoms with Gasteiger partial charge in [0.25, 0.3) is 0 Å². The fourth-order valence-electron chi connectivity index (χ4n) is 3.34. The third-order valence-electron chi connectivity index (χ3n) is 4.39. The maximum absolute atomic E-state index is 12.7. The van der Waals surface area contributed by atoms with E-state index >= 15 is 0 Å². The molecule has 1 atom stereocenters. The van der Waals surface area contributed by atoms with E-state index in [0.717, 1.165) is 5.56 Å². The van der Waals surface area contributed by atoms with Crippen LogP contribution in [0.1, 0.15) is 33.8 Å². The van der Waals surface area contributed by atoms with E-state index < -0.39 is 11.6 Å². The molecule has 4 heteroatoms. The molecule has 1 heterocycles. The van der Waals surface area contributed by atoms with Crippen LogP contribution in [0, 0.1) is 0 Å². The summed E-state index contributed by atoms with van der Waals surface area (Å²) in [4.78, 5) is 25.1. The van der Waals surface area contributed by atoms with E-state index in [4.69, 9.17) is 16.3 Å². The van der Waals surface area contributed by atoms with Crippen LogP contribution in [0.5, 0.6) is 0 Å². The van der Waals surface area contributed by atoms with Gasteiger partial charge in [-0.1, -0.05) is 54.1 Å². The van der Waals surface area contributed by atoms with Crippen LogP contribution in [-0.2, 0) is 9.53 Å². The molecule has 1 aliphatic heterocycles. The molecule has 0 amide bonds. The van der Waals surface area contributed by atoms with E-state index in [9.17, 15) is 9.59 Å². The molecule has 0 fully saturated rings. The molecule has 0 radical (unpaired) electrons. The largest absolute Gasteiger partial charge is 0.492 e. The molecule has 2 aromatic rings. The number of benzene rings is 2. The number of hydrogen-bond donors (Lipinski definition) is 0. The molecule has 2 aliphatic rings. The molecular weight excluding hydrogens is 312 g/mol. The first kappa shape index (κ1) is 14.2. The maximum Gasteiger partial charge on any atom is 0.234 e. The summed E-state index contributed by atoms with van der Waals surface area (Å²) < 4.78 is 5.78. The van der Waals surface area contributed by atoms with Crippen molar-refractivity contribution >= 4 is 28.9 Å². The zero-order valence-corrected chi connectivity index (χ0v) is 13.0. The zero-order valence-electron chi connectivity index (χ0n) is 12.2. The van der Waals surface area contributed by atoms with Crippen LogP contribution in [0.15, 0.2) is 54.1 Å². The molecule has 0 saturated heterocycles. The highest BCUT2D eigenvalue weighted by molar-refractivity contribution is 6.52. The van der Waals surface area contributed by atoms with Gasteiger partial charge in [-0.05, 0) is 18.1 Å². The Balaban J connectivity index is 1.95. The minimum Gasteiger partial charge on any atom is -0.492 e. The molecule has 23 heavy (non-hydrogen) atoms.